The highest BCUT2D eigenvalue weighted by Crippen LogP contribution is 2.22. The van der Waals surface area contributed by atoms with E-state index in [4.69, 9.17) is 4.74 Å². The fourth-order valence-electron chi connectivity index (χ4n) is 2.67. The van der Waals surface area contributed by atoms with Gasteiger partial charge >= 0.3 is 0 Å². The highest BCUT2D eigenvalue weighted by atomic mass is 16.5. The number of ether oxygens (including phenoxy) is 1. The highest BCUT2D eigenvalue weighted by Gasteiger charge is 2.24. The molecule has 2 aliphatic rings. The summed E-state index contributed by atoms with van der Waals surface area (Å²) in [5, 5.41) is 3.01. The number of nitrogens with zero attached hydrogens (tertiary/aromatic N) is 1. The maximum Gasteiger partial charge on any atom is 0.251 e. The number of carbonyl (C=O) groups excluding carboxylic acids is 1. The average molecular weight is 274 g/mol. The monoisotopic (exact) mass is 274 g/mol. The van der Waals surface area contributed by atoms with Gasteiger partial charge in [-0.25, -0.2) is 0 Å². The number of amides is 1. The summed E-state index contributed by atoms with van der Waals surface area (Å²) >= 11 is 0. The van der Waals surface area contributed by atoms with Crippen molar-refractivity contribution in [1.29, 1.82) is 0 Å². The van der Waals surface area contributed by atoms with Crippen molar-refractivity contribution in [2.75, 3.05) is 25.1 Å². The van der Waals surface area contributed by atoms with Gasteiger partial charge in [-0.2, -0.15) is 0 Å². The van der Waals surface area contributed by atoms with Gasteiger partial charge in [0.1, 0.15) is 0 Å². The Morgan fingerprint density at radius 3 is 2.35 bits per heavy atom. The summed E-state index contributed by atoms with van der Waals surface area (Å²) in [7, 11) is 1.79. The third-order valence-corrected chi connectivity index (χ3v) is 4.18. The zero-order valence-corrected chi connectivity index (χ0v) is 12.0. The van der Waals surface area contributed by atoms with Gasteiger partial charge in [0, 0.05) is 37.5 Å². The average Bonchev–Trinajstić information content (AvgIpc) is 3.31. The van der Waals surface area contributed by atoms with Crippen LogP contribution in [0.5, 0.6) is 0 Å². The Labute approximate surface area is 120 Å². The van der Waals surface area contributed by atoms with Crippen LogP contribution in [0.1, 0.15) is 36.0 Å². The number of hydrogen-bond donors (Lipinski definition) is 1. The third kappa shape index (κ3) is 3.12. The predicted octanol–water partition coefficient (Wildman–Crippen LogP) is 2.19. The number of hydrogen-bond acceptors (Lipinski definition) is 3. The quantitative estimate of drug-likeness (QED) is 0.915. The summed E-state index contributed by atoms with van der Waals surface area (Å²) in [6, 6.07) is 8.37. The summed E-state index contributed by atoms with van der Waals surface area (Å²) in [4.78, 5) is 14.3. The molecule has 1 amide bonds. The van der Waals surface area contributed by atoms with Crippen molar-refractivity contribution >= 4 is 11.6 Å². The fraction of sp³-hybridized carbons (Fsp3) is 0.562. The minimum Gasteiger partial charge on any atom is -0.381 e. The Hall–Kier alpha value is -1.55. The van der Waals surface area contributed by atoms with Crippen LogP contribution in [-0.4, -0.2) is 38.3 Å². The van der Waals surface area contributed by atoms with E-state index in [2.05, 4.69) is 22.3 Å². The topological polar surface area (TPSA) is 41.6 Å². The lowest BCUT2D eigenvalue weighted by atomic mass is 10.1. The lowest BCUT2D eigenvalue weighted by molar-refractivity contribution is 0.0819. The minimum absolute atomic E-state index is 0.0529. The smallest absolute Gasteiger partial charge is 0.251 e. The van der Waals surface area contributed by atoms with Crippen LogP contribution in [0.2, 0.25) is 0 Å². The van der Waals surface area contributed by atoms with Crippen LogP contribution >= 0.6 is 0 Å². The molecule has 0 aromatic heterocycles. The first-order chi connectivity index (χ1) is 9.76. The molecule has 1 saturated carbocycles. The number of rotatable bonds is 4. The Morgan fingerprint density at radius 1 is 1.15 bits per heavy atom. The van der Waals surface area contributed by atoms with Crippen LogP contribution in [0.4, 0.5) is 5.69 Å². The minimum atomic E-state index is 0.0529. The van der Waals surface area contributed by atoms with Crippen molar-refractivity contribution in [2.45, 2.75) is 37.8 Å². The van der Waals surface area contributed by atoms with E-state index >= 15 is 0 Å². The molecular weight excluding hydrogens is 252 g/mol. The third-order valence-electron chi connectivity index (χ3n) is 4.18. The molecular formula is C16H22N2O2. The molecule has 4 nitrogen and oxygen atoms in total. The van der Waals surface area contributed by atoms with Crippen LogP contribution in [-0.2, 0) is 4.74 Å². The van der Waals surface area contributed by atoms with Gasteiger partial charge in [-0.15, -0.1) is 0 Å². The Bertz CT molecular complexity index is 460. The first kappa shape index (κ1) is 13.4. The van der Waals surface area contributed by atoms with Crippen molar-refractivity contribution in [3.63, 3.8) is 0 Å². The lowest BCUT2D eigenvalue weighted by Gasteiger charge is -2.33. The Balaban J connectivity index is 1.59. The summed E-state index contributed by atoms with van der Waals surface area (Å²) in [5.41, 5.74) is 1.95. The summed E-state index contributed by atoms with van der Waals surface area (Å²) < 4.78 is 5.39. The van der Waals surface area contributed by atoms with E-state index in [9.17, 15) is 4.79 Å². The largest absolute Gasteiger partial charge is 0.381 e. The van der Waals surface area contributed by atoms with Gasteiger partial charge in [-0.05, 0) is 49.9 Å². The molecule has 3 rings (SSSR count). The van der Waals surface area contributed by atoms with Crippen LogP contribution in [0.15, 0.2) is 24.3 Å². The molecule has 1 heterocycles. The molecule has 2 fully saturated rings. The molecule has 1 aliphatic carbocycles. The van der Waals surface area contributed by atoms with Crippen LogP contribution < -0.4 is 10.2 Å². The lowest BCUT2D eigenvalue weighted by Crippen LogP contribution is -2.36. The standard InChI is InChI=1S/C16H22N2O2/c1-20-15-8-10-18(11-9-15)14-6-2-12(3-7-14)16(19)17-13-4-5-13/h2-3,6-7,13,15H,4-5,8-11H2,1H3,(H,17,19). The molecule has 0 spiro atoms. The van der Waals surface area contributed by atoms with E-state index in [1.54, 1.807) is 7.11 Å². The van der Waals surface area contributed by atoms with E-state index in [1.165, 1.54) is 5.69 Å². The van der Waals surface area contributed by atoms with Crippen molar-refractivity contribution in [2.24, 2.45) is 0 Å². The predicted molar refractivity (Wildman–Crippen MR) is 79.2 cm³/mol. The number of anilines is 1. The van der Waals surface area contributed by atoms with Gasteiger partial charge < -0.3 is 15.0 Å². The molecule has 108 valence electrons. The molecule has 20 heavy (non-hydrogen) atoms. The summed E-state index contributed by atoms with van der Waals surface area (Å²) in [6.07, 6.45) is 4.78. The van der Waals surface area contributed by atoms with Crippen molar-refractivity contribution in [1.82, 2.24) is 5.32 Å². The molecule has 0 atom stereocenters. The highest BCUT2D eigenvalue weighted by molar-refractivity contribution is 5.94. The first-order valence-corrected chi connectivity index (χ1v) is 7.45. The van der Waals surface area contributed by atoms with E-state index in [-0.39, 0.29) is 5.91 Å². The molecule has 0 unspecified atom stereocenters. The van der Waals surface area contributed by atoms with Crippen LogP contribution in [0.3, 0.4) is 0 Å². The normalized spacial score (nSPS) is 19.9. The Kier molecular flexibility index (Phi) is 3.92. The number of benzene rings is 1. The molecule has 1 N–H and O–H groups in total. The van der Waals surface area contributed by atoms with E-state index in [0.717, 1.165) is 44.3 Å². The molecule has 1 aromatic rings. The molecule has 1 aliphatic heterocycles. The zero-order valence-electron chi connectivity index (χ0n) is 12.0. The number of carbonyl (C=O) groups is 1. The molecule has 0 radical (unpaired) electrons. The van der Waals surface area contributed by atoms with Crippen molar-refractivity contribution in [3.05, 3.63) is 29.8 Å². The van der Waals surface area contributed by atoms with Gasteiger partial charge in [0.15, 0.2) is 0 Å². The van der Waals surface area contributed by atoms with E-state index in [0.29, 0.717) is 12.1 Å². The second kappa shape index (κ2) is 5.83. The van der Waals surface area contributed by atoms with Crippen molar-refractivity contribution < 1.29 is 9.53 Å². The molecule has 1 saturated heterocycles. The second-order valence-corrected chi connectivity index (χ2v) is 5.72. The van der Waals surface area contributed by atoms with E-state index < -0.39 is 0 Å². The number of piperidine rings is 1. The Morgan fingerprint density at radius 2 is 1.80 bits per heavy atom. The van der Waals surface area contributed by atoms with Gasteiger partial charge in [-0.1, -0.05) is 0 Å². The first-order valence-electron chi connectivity index (χ1n) is 7.45. The SMILES string of the molecule is COC1CCN(c2ccc(C(=O)NC3CC3)cc2)CC1. The molecule has 0 bridgehead atoms. The maximum absolute atomic E-state index is 11.9. The van der Waals surface area contributed by atoms with Gasteiger partial charge in [0.2, 0.25) is 0 Å². The molecule has 4 heteroatoms. The van der Waals surface area contributed by atoms with Crippen LogP contribution in [0, 0.1) is 0 Å². The number of methoxy groups -OCH3 is 1. The molecule has 1 aromatic carbocycles. The fourth-order valence-corrected chi connectivity index (χ4v) is 2.67. The van der Waals surface area contributed by atoms with Crippen molar-refractivity contribution in [3.8, 4) is 0 Å². The summed E-state index contributed by atoms with van der Waals surface area (Å²) in [5.74, 6) is 0.0529. The maximum atomic E-state index is 11.9. The van der Waals surface area contributed by atoms with Crippen LogP contribution in [0.25, 0.3) is 0 Å². The van der Waals surface area contributed by atoms with Gasteiger partial charge in [-0.3, -0.25) is 4.79 Å². The zero-order chi connectivity index (χ0) is 13.9. The number of nitrogens with one attached hydrogen (secondary N) is 1. The summed E-state index contributed by atoms with van der Waals surface area (Å²) in [6.45, 7) is 2.04. The van der Waals surface area contributed by atoms with Gasteiger partial charge in [0.25, 0.3) is 5.91 Å². The van der Waals surface area contributed by atoms with Gasteiger partial charge in [0.05, 0.1) is 6.10 Å². The second-order valence-electron chi connectivity index (χ2n) is 5.72. The van der Waals surface area contributed by atoms with E-state index in [1.807, 2.05) is 12.1 Å².